The van der Waals surface area contributed by atoms with E-state index in [4.69, 9.17) is 0 Å². The zero-order valence-electron chi connectivity index (χ0n) is 20.9. The van der Waals surface area contributed by atoms with Gasteiger partial charge in [-0.3, -0.25) is 0 Å². The Labute approximate surface area is 221 Å². The first-order valence-corrected chi connectivity index (χ1v) is 13.2. The summed E-state index contributed by atoms with van der Waals surface area (Å²) in [6.07, 6.45) is 0. The third kappa shape index (κ3) is 2.98. The Morgan fingerprint density at radius 3 is 1.29 bits per heavy atom. The summed E-state index contributed by atoms with van der Waals surface area (Å²) in [6, 6.07) is 53.2. The molecule has 0 saturated heterocycles. The first kappa shape index (κ1) is 21.2. The second-order valence-electron chi connectivity index (χ2n) is 10.0. The van der Waals surface area contributed by atoms with Crippen LogP contribution in [0.3, 0.4) is 0 Å². The molecule has 0 heteroatoms. The normalized spacial score (nSPS) is 11.7. The van der Waals surface area contributed by atoms with Gasteiger partial charge in [0.05, 0.1) is 0 Å². The highest BCUT2D eigenvalue weighted by Crippen LogP contribution is 2.52. The van der Waals surface area contributed by atoms with Crippen LogP contribution in [0.2, 0.25) is 0 Å². The highest BCUT2D eigenvalue weighted by molar-refractivity contribution is 6.38. The molecule has 0 aliphatic carbocycles. The van der Waals surface area contributed by atoms with E-state index in [0.29, 0.717) is 0 Å². The Hall–Kier alpha value is -4.94. The summed E-state index contributed by atoms with van der Waals surface area (Å²) < 4.78 is 0. The van der Waals surface area contributed by atoms with E-state index in [2.05, 4.69) is 146 Å². The molecule has 0 spiro atoms. The van der Waals surface area contributed by atoms with E-state index in [9.17, 15) is 0 Å². The molecule has 38 heavy (non-hydrogen) atoms. The Balaban J connectivity index is 1.76. The molecule has 176 valence electrons. The number of fused-ring (bicyclic) bond motifs is 2. The molecule has 0 aliphatic rings. The van der Waals surface area contributed by atoms with Crippen molar-refractivity contribution < 1.29 is 0 Å². The minimum Gasteiger partial charge on any atom is -0.0622 e. The molecule has 0 bridgehead atoms. The van der Waals surface area contributed by atoms with Crippen LogP contribution in [0.25, 0.3) is 76.5 Å². The molecule has 0 nitrogen and oxygen atoms in total. The summed E-state index contributed by atoms with van der Waals surface area (Å²) in [7, 11) is 0. The molecule has 0 aliphatic heterocycles. The maximum Gasteiger partial charge on any atom is -0.000741 e. The maximum atomic E-state index is 2.32. The molecule has 0 amide bonds. The standard InChI is InChI=1S/C38H24/c1-4-13-26(14-5-1)34-32-24-12-22-30-29-21-10-19-25-20-11-23-31(33(25)29)38(37(30)32)36(28-17-8-3-9-18-28)35(34)27-15-6-2-7-16-27/h1-24H. The quantitative estimate of drug-likeness (QED) is 0.174. The van der Waals surface area contributed by atoms with Crippen LogP contribution in [-0.2, 0) is 0 Å². The van der Waals surface area contributed by atoms with Crippen molar-refractivity contribution in [3.63, 3.8) is 0 Å². The lowest BCUT2D eigenvalue weighted by Gasteiger charge is -2.24. The largest absolute Gasteiger partial charge is 0.0622 e. The van der Waals surface area contributed by atoms with Gasteiger partial charge in [-0.2, -0.15) is 0 Å². The van der Waals surface area contributed by atoms with Crippen molar-refractivity contribution in [1.82, 2.24) is 0 Å². The van der Waals surface area contributed by atoms with Gasteiger partial charge in [-0.05, 0) is 76.5 Å². The number of benzene rings is 8. The van der Waals surface area contributed by atoms with Crippen molar-refractivity contribution in [2.75, 3.05) is 0 Å². The van der Waals surface area contributed by atoms with Gasteiger partial charge in [-0.1, -0.05) is 146 Å². The number of rotatable bonds is 3. The summed E-state index contributed by atoms with van der Waals surface area (Å²) in [6.45, 7) is 0. The topological polar surface area (TPSA) is 0 Å². The molecule has 8 aromatic carbocycles. The molecule has 0 fully saturated rings. The SMILES string of the molecule is c1ccc(-c2c(-c3ccccc3)c3cccc4c5cccc6cccc(c(c2-c2ccccc2)c34)c65)cc1. The first-order valence-electron chi connectivity index (χ1n) is 13.2. The Kier molecular flexibility index (Phi) is 4.62. The summed E-state index contributed by atoms with van der Waals surface area (Å²) in [5.74, 6) is 0. The van der Waals surface area contributed by atoms with Gasteiger partial charge >= 0.3 is 0 Å². The molecule has 8 aromatic rings. The van der Waals surface area contributed by atoms with Crippen LogP contribution in [0.15, 0.2) is 146 Å². The van der Waals surface area contributed by atoms with E-state index < -0.39 is 0 Å². The number of hydrogen-bond acceptors (Lipinski definition) is 0. The van der Waals surface area contributed by atoms with Crippen molar-refractivity contribution in [2.24, 2.45) is 0 Å². The highest BCUT2D eigenvalue weighted by atomic mass is 14.3. The van der Waals surface area contributed by atoms with Gasteiger partial charge < -0.3 is 0 Å². The molecule has 0 atom stereocenters. The van der Waals surface area contributed by atoms with Crippen LogP contribution in [0.1, 0.15) is 0 Å². The molecule has 0 aromatic heterocycles. The van der Waals surface area contributed by atoms with E-state index in [-0.39, 0.29) is 0 Å². The molecule has 0 saturated carbocycles. The lowest BCUT2D eigenvalue weighted by atomic mass is 9.78. The van der Waals surface area contributed by atoms with Crippen LogP contribution in [0.4, 0.5) is 0 Å². The summed E-state index contributed by atoms with van der Waals surface area (Å²) in [4.78, 5) is 0. The maximum absolute atomic E-state index is 2.32. The van der Waals surface area contributed by atoms with E-state index >= 15 is 0 Å². The van der Waals surface area contributed by atoms with Crippen molar-refractivity contribution in [3.8, 4) is 33.4 Å². The Bertz CT molecular complexity index is 2080. The molecule has 8 rings (SSSR count). The van der Waals surface area contributed by atoms with Crippen molar-refractivity contribution in [1.29, 1.82) is 0 Å². The van der Waals surface area contributed by atoms with E-state index in [1.165, 1.54) is 76.5 Å². The molecule has 0 heterocycles. The second kappa shape index (κ2) is 8.30. The first-order chi connectivity index (χ1) is 18.9. The zero-order chi connectivity index (χ0) is 25.1. The average molecular weight is 481 g/mol. The van der Waals surface area contributed by atoms with Crippen LogP contribution < -0.4 is 0 Å². The van der Waals surface area contributed by atoms with Gasteiger partial charge in [-0.25, -0.2) is 0 Å². The average Bonchev–Trinajstić information content (AvgIpc) is 3.00. The fraction of sp³-hybridized carbons (Fsp3) is 0. The van der Waals surface area contributed by atoms with Crippen LogP contribution in [0.5, 0.6) is 0 Å². The van der Waals surface area contributed by atoms with Crippen LogP contribution >= 0.6 is 0 Å². The van der Waals surface area contributed by atoms with Crippen LogP contribution in [-0.4, -0.2) is 0 Å². The van der Waals surface area contributed by atoms with Gasteiger partial charge in [0.2, 0.25) is 0 Å². The van der Waals surface area contributed by atoms with Gasteiger partial charge in [0.1, 0.15) is 0 Å². The minimum absolute atomic E-state index is 1.24. The number of hydrogen-bond donors (Lipinski definition) is 0. The van der Waals surface area contributed by atoms with Crippen molar-refractivity contribution in [3.05, 3.63) is 146 Å². The van der Waals surface area contributed by atoms with Crippen molar-refractivity contribution >= 4 is 43.1 Å². The van der Waals surface area contributed by atoms with E-state index in [1.54, 1.807) is 0 Å². The predicted octanol–water partition coefficient (Wildman–Crippen LogP) is 10.7. The summed E-state index contributed by atoms with van der Waals surface area (Å²) >= 11 is 0. The van der Waals surface area contributed by atoms with Gasteiger partial charge in [0.25, 0.3) is 0 Å². The lowest BCUT2D eigenvalue weighted by Crippen LogP contribution is -1.97. The Morgan fingerprint density at radius 2 is 0.684 bits per heavy atom. The molecule has 0 N–H and O–H groups in total. The third-order valence-corrected chi connectivity index (χ3v) is 7.99. The van der Waals surface area contributed by atoms with Gasteiger partial charge in [-0.15, -0.1) is 0 Å². The smallest absolute Gasteiger partial charge is 0.000741 e. The van der Waals surface area contributed by atoms with Crippen molar-refractivity contribution in [2.45, 2.75) is 0 Å². The fourth-order valence-electron chi connectivity index (χ4n) is 6.50. The highest BCUT2D eigenvalue weighted by Gasteiger charge is 2.24. The molecular formula is C38H24. The lowest BCUT2D eigenvalue weighted by molar-refractivity contribution is 1.60. The molecular weight excluding hydrogens is 456 g/mol. The Morgan fingerprint density at radius 1 is 0.237 bits per heavy atom. The minimum atomic E-state index is 1.24. The zero-order valence-corrected chi connectivity index (χ0v) is 20.9. The van der Waals surface area contributed by atoms with E-state index in [0.717, 1.165) is 0 Å². The monoisotopic (exact) mass is 480 g/mol. The fourth-order valence-corrected chi connectivity index (χ4v) is 6.50. The van der Waals surface area contributed by atoms with Gasteiger partial charge in [0, 0.05) is 0 Å². The predicted molar refractivity (Wildman–Crippen MR) is 164 cm³/mol. The van der Waals surface area contributed by atoms with E-state index in [1.807, 2.05) is 0 Å². The summed E-state index contributed by atoms with van der Waals surface area (Å²) in [5, 5.41) is 10.6. The summed E-state index contributed by atoms with van der Waals surface area (Å²) in [5.41, 5.74) is 7.61. The molecule has 0 radical (unpaired) electrons. The second-order valence-corrected chi connectivity index (χ2v) is 10.0. The third-order valence-electron chi connectivity index (χ3n) is 7.99. The van der Waals surface area contributed by atoms with Crippen LogP contribution in [0, 0.1) is 0 Å². The molecule has 0 unspecified atom stereocenters. The van der Waals surface area contributed by atoms with Gasteiger partial charge in [0.15, 0.2) is 0 Å².